The Hall–Kier alpha value is -3.12. The Morgan fingerprint density at radius 3 is 2.48 bits per heavy atom. The zero-order valence-corrected chi connectivity index (χ0v) is 27.1. The highest BCUT2D eigenvalue weighted by Crippen LogP contribution is 2.33. The minimum atomic E-state index is -1.11. The van der Waals surface area contributed by atoms with Crippen LogP contribution in [-0.4, -0.2) is 87.9 Å². The number of likely N-dealkylation sites (tertiary alicyclic amines) is 1. The van der Waals surface area contributed by atoms with Crippen molar-refractivity contribution in [3.63, 3.8) is 0 Å². The van der Waals surface area contributed by atoms with Gasteiger partial charge in [0, 0.05) is 58.1 Å². The molecule has 2 unspecified atom stereocenters. The second-order valence-electron chi connectivity index (χ2n) is 12.5. The maximum atomic E-state index is 13.0. The normalized spacial score (nSPS) is 18.7. The molecule has 2 saturated heterocycles. The van der Waals surface area contributed by atoms with E-state index in [9.17, 15) is 13.8 Å². The fraction of sp³-hybridized carbons (Fsp3) is 0.545. The maximum absolute atomic E-state index is 13.0. The van der Waals surface area contributed by atoms with Crippen molar-refractivity contribution in [3.8, 4) is 0 Å². The molecule has 0 spiro atoms. The molecular formula is C33H47N7O3S. The van der Waals surface area contributed by atoms with Gasteiger partial charge in [-0.25, -0.2) is 8.51 Å². The van der Waals surface area contributed by atoms with E-state index in [1.807, 2.05) is 28.2 Å². The summed E-state index contributed by atoms with van der Waals surface area (Å²) in [6.07, 6.45) is 6.01. The first-order valence-electron chi connectivity index (χ1n) is 15.9. The molecule has 10 nitrogen and oxygen atoms in total. The van der Waals surface area contributed by atoms with Gasteiger partial charge in [0.05, 0.1) is 10.4 Å². The van der Waals surface area contributed by atoms with Crippen LogP contribution in [0.2, 0.25) is 0 Å². The number of nitrogens with two attached hydrogens (primary N) is 1. The van der Waals surface area contributed by atoms with Crippen molar-refractivity contribution in [1.29, 1.82) is 0 Å². The zero-order chi connectivity index (χ0) is 31.2. The van der Waals surface area contributed by atoms with Gasteiger partial charge in [-0.3, -0.25) is 19.2 Å². The number of rotatable bonds is 12. The lowest BCUT2D eigenvalue weighted by molar-refractivity contribution is -0.120. The van der Waals surface area contributed by atoms with Gasteiger partial charge in [-0.15, -0.1) is 0 Å². The van der Waals surface area contributed by atoms with Crippen LogP contribution < -0.4 is 16.0 Å². The Bertz CT molecular complexity index is 1440. The summed E-state index contributed by atoms with van der Waals surface area (Å²) in [4.78, 5) is 28.5. The highest BCUT2D eigenvalue weighted by Gasteiger charge is 2.25. The van der Waals surface area contributed by atoms with Crippen molar-refractivity contribution in [2.75, 3.05) is 51.2 Å². The molecule has 0 bridgehead atoms. The molecule has 2 atom stereocenters. The molecule has 2 aromatic carbocycles. The van der Waals surface area contributed by atoms with E-state index in [1.165, 1.54) is 16.0 Å². The van der Waals surface area contributed by atoms with Crippen LogP contribution in [0.1, 0.15) is 56.1 Å². The fourth-order valence-electron chi connectivity index (χ4n) is 6.57. The van der Waals surface area contributed by atoms with Crippen LogP contribution in [0.5, 0.6) is 0 Å². The Labute approximate surface area is 263 Å². The lowest BCUT2D eigenvalue weighted by atomic mass is 9.88. The third-order valence-corrected chi connectivity index (χ3v) is 10.7. The first-order valence-corrected chi connectivity index (χ1v) is 17.0. The molecule has 2 aliphatic heterocycles. The molecule has 1 aromatic heterocycles. The Kier molecular flexibility index (Phi) is 10.8. The fourth-order valence-corrected chi connectivity index (χ4v) is 7.78. The van der Waals surface area contributed by atoms with Gasteiger partial charge in [-0.05, 0) is 92.4 Å². The second-order valence-corrected chi connectivity index (χ2v) is 14.0. The zero-order valence-electron chi connectivity index (χ0n) is 26.3. The van der Waals surface area contributed by atoms with Gasteiger partial charge in [-0.2, -0.15) is 5.10 Å². The number of hydrogen-bond donors (Lipinski definition) is 2. The summed E-state index contributed by atoms with van der Waals surface area (Å²) in [5.74, 6) is 1.50. The summed E-state index contributed by atoms with van der Waals surface area (Å²) in [6, 6.07) is 15.0. The SMILES string of the molecule is CNC(=O)CCN(C=O)c1nn(C)c2cc(C3CCN(CC(C)Cc4ccc(S(=O)N5CCC(N)CC5)cc4)CC3)ccc12. The summed E-state index contributed by atoms with van der Waals surface area (Å²) in [7, 11) is 2.39. The van der Waals surface area contributed by atoms with Crippen molar-refractivity contribution in [1.82, 2.24) is 24.3 Å². The highest BCUT2D eigenvalue weighted by atomic mass is 32.2. The molecule has 3 heterocycles. The number of anilines is 1. The summed E-state index contributed by atoms with van der Waals surface area (Å²) in [5, 5.41) is 8.13. The van der Waals surface area contributed by atoms with Gasteiger partial charge < -0.3 is 16.0 Å². The van der Waals surface area contributed by atoms with Crippen LogP contribution in [-0.2, 0) is 34.0 Å². The summed E-state index contributed by atoms with van der Waals surface area (Å²) < 4.78 is 16.8. The van der Waals surface area contributed by atoms with Crippen LogP contribution in [0.3, 0.4) is 0 Å². The molecule has 238 valence electrons. The molecule has 5 rings (SSSR count). The minimum absolute atomic E-state index is 0.109. The number of carbonyl (C=O) groups is 2. The van der Waals surface area contributed by atoms with Gasteiger partial charge in [0.1, 0.15) is 11.0 Å². The molecule has 3 N–H and O–H groups in total. The first kappa shape index (κ1) is 32.3. The number of benzene rings is 2. The standard InChI is InChI=1S/C33H47N7O3S/c1-24(20-25-4-7-29(8-5-25)44(43)40-18-12-28(34)13-19-40)22-38-15-10-26(11-16-38)27-6-9-30-31(21-27)37(3)36-33(30)39(23-41)17-14-32(42)35-2/h4-9,21,23-24,26,28H,10-20,22,34H2,1-3H3,(H,35,42). The number of nitrogens with zero attached hydrogens (tertiary/aromatic N) is 5. The molecule has 3 aromatic rings. The van der Waals surface area contributed by atoms with E-state index in [0.717, 1.165) is 87.0 Å². The monoisotopic (exact) mass is 621 g/mol. The summed E-state index contributed by atoms with van der Waals surface area (Å²) in [5.41, 5.74) is 9.60. The quantitative estimate of drug-likeness (QED) is 0.300. The van der Waals surface area contributed by atoms with Crippen molar-refractivity contribution >= 4 is 40.0 Å². The molecular weight excluding hydrogens is 574 g/mol. The van der Waals surface area contributed by atoms with Crippen molar-refractivity contribution in [2.24, 2.45) is 18.7 Å². The predicted octanol–water partition coefficient (Wildman–Crippen LogP) is 3.18. The van der Waals surface area contributed by atoms with E-state index in [4.69, 9.17) is 5.73 Å². The number of fused-ring (bicyclic) bond motifs is 1. The molecule has 2 amide bonds. The average molecular weight is 622 g/mol. The van der Waals surface area contributed by atoms with E-state index in [1.54, 1.807) is 7.05 Å². The van der Waals surface area contributed by atoms with Gasteiger partial charge in [-0.1, -0.05) is 25.1 Å². The van der Waals surface area contributed by atoms with Gasteiger partial charge in [0.15, 0.2) is 5.82 Å². The van der Waals surface area contributed by atoms with Crippen LogP contribution in [0.15, 0.2) is 47.4 Å². The third kappa shape index (κ3) is 7.74. The van der Waals surface area contributed by atoms with Crippen LogP contribution >= 0.6 is 0 Å². The molecule has 2 fully saturated rings. The van der Waals surface area contributed by atoms with E-state index in [-0.39, 0.29) is 24.9 Å². The maximum Gasteiger partial charge on any atom is 0.221 e. The van der Waals surface area contributed by atoms with Gasteiger partial charge in [0.25, 0.3) is 0 Å². The average Bonchev–Trinajstić information content (AvgIpc) is 3.37. The van der Waals surface area contributed by atoms with E-state index >= 15 is 0 Å². The highest BCUT2D eigenvalue weighted by molar-refractivity contribution is 7.82. The summed E-state index contributed by atoms with van der Waals surface area (Å²) >= 11 is 0. The van der Waals surface area contributed by atoms with Crippen LogP contribution in [0.4, 0.5) is 5.82 Å². The second kappa shape index (κ2) is 14.8. The number of aryl methyl sites for hydroxylation is 1. The largest absolute Gasteiger partial charge is 0.359 e. The molecule has 0 radical (unpaired) electrons. The smallest absolute Gasteiger partial charge is 0.221 e. The van der Waals surface area contributed by atoms with Crippen molar-refractivity contribution in [2.45, 2.75) is 62.3 Å². The van der Waals surface area contributed by atoms with Crippen LogP contribution in [0.25, 0.3) is 10.9 Å². The number of aromatic nitrogens is 2. The van der Waals surface area contributed by atoms with E-state index in [2.05, 4.69) is 52.6 Å². The topological polar surface area (TPSA) is 117 Å². The van der Waals surface area contributed by atoms with E-state index < -0.39 is 11.0 Å². The Morgan fingerprint density at radius 1 is 1.11 bits per heavy atom. The first-order chi connectivity index (χ1) is 21.2. The predicted molar refractivity (Wildman–Crippen MR) is 176 cm³/mol. The molecule has 11 heteroatoms. The lowest BCUT2D eigenvalue weighted by Gasteiger charge is -2.34. The molecule has 0 aliphatic carbocycles. The number of piperidine rings is 2. The van der Waals surface area contributed by atoms with Crippen LogP contribution in [0, 0.1) is 5.92 Å². The van der Waals surface area contributed by atoms with Gasteiger partial charge >= 0.3 is 0 Å². The number of amides is 2. The molecule has 44 heavy (non-hydrogen) atoms. The third-order valence-electron chi connectivity index (χ3n) is 9.19. The van der Waals surface area contributed by atoms with Crippen molar-refractivity contribution < 1.29 is 13.8 Å². The molecule has 0 saturated carbocycles. The van der Waals surface area contributed by atoms with Crippen molar-refractivity contribution in [3.05, 3.63) is 53.6 Å². The van der Waals surface area contributed by atoms with E-state index in [0.29, 0.717) is 17.7 Å². The summed E-state index contributed by atoms with van der Waals surface area (Å²) in [6.45, 7) is 7.40. The molecule has 2 aliphatic rings. The number of carbonyl (C=O) groups excluding carboxylic acids is 2. The van der Waals surface area contributed by atoms with Gasteiger partial charge in [0.2, 0.25) is 12.3 Å². The minimum Gasteiger partial charge on any atom is -0.359 e. The number of hydrogen-bond acceptors (Lipinski definition) is 6. The number of nitrogens with one attached hydrogen (secondary N) is 1. The Morgan fingerprint density at radius 2 is 1.82 bits per heavy atom. The lowest BCUT2D eigenvalue weighted by Crippen LogP contribution is -2.40. The Balaban J connectivity index is 1.12.